The number of amides is 1. The predicted octanol–water partition coefficient (Wildman–Crippen LogP) is 3.73. The van der Waals surface area contributed by atoms with Crippen LogP contribution in [0.4, 0.5) is 0 Å². The molecular formula is C15H26ClNO. The van der Waals surface area contributed by atoms with Crippen molar-refractivity contribution in [1.29, 1.82) is 0 Å². The molecule has 0 spiro atoms. The third-order valence-electron chi connectivity index (χ3n) is 4.74. The van der Waals surface area contributed by atoms with Gasteiger partial charge in [0.2, 0.25) is 5.91 Å². The van der Waals surface area contributed by atoms with Crippen LogP contribution in [0.25, 0.3) is 0 Å². The molecule has 0 saturated heterocycles. The Kier molecular flexibility index (Phi) is 5.35. The molecule has 0 bridgehead atoms. The van der Waals surface area contributed by atoms with Crippen molar-refractivity contribution >= 4 is 17.5 Å². The Morgan fingerprint density at radius 2 is 1.78 bits per heavy atom. The second kappa shape index (κ2) is 6.79. The van der Waals surface area contributed by atoms with Gasteiger partial charge in [0.05, 0.1) is 0 Å². The molecule has 2 atom stereocenters. The summed E-state index contributed by atoms with van der Waals surface area (Å²) in [6, 6.07) is 0. The van der Waals surface area contributed by atoms with Gasteiger partial charge in [0.1, 0.15) is 0 Å². The molecule has 1 N–H and O–H groups in total. The number of alkyl halides is 1. The maximum absolute atomic E-state index is 12.1. The monoisotopic (exact) mass is 271 g/mol. The van der Waals surface area contributed by atoms with Crippen LogP contribution in [0.15, 0.2) is 0 Å². The van der Waals surface area contributed by atoms with Crippen molar-refractivity contribution in [3.05, 3.63) is 0 Å². The number of hydrogen-bond donors (Lipinski definition) is 1. The van der Waals surface area contributed by atoms with E-state index in [4.69, 9.17) is 11.6 Å². The topological polar surface area (TPSA) is 29.1 Å². The summed E-state index contributed by atoms with van der Waals surface area (Å²) in [6.07, 6.45) is 9.37. The summed E-state index contributed by atoms with van der Waals surface area (Å²) in [6.45, 7) is 3.08. The molecule has 2 saturated carbocycles. The first-order valence-electron chi connectivity index (χ1n) is 7.58. The molecule has 2 unspecified atom stereocenters. The maximum atomic E-state index is 12.1. The lowest BCUT2D eigenvalue weighted by Crippen LogP contribution is -2.38. The number of carbonyl (C=O) groups is 1. The minimum atomic E-state index is 0.263. The fourth-order valence-corrected chi connectivity index (χ4v) is 3.66. The van der Waals surface area contributed by atoms with Crippen LogP contribution < -0.4 is 5.32 Å². The summed E-state index contributed by atoms with van der Waals surface area (Å²) >= 11 is 6.32. The smallest absolute Gasteiger partial charge is 0.223 e. The molecular weight excluding hydrogens is 246 g/mol. The lowest BCUT2D eigenvalue weighted by atomic mass is 9.82. The predicted molar refractivity (Wildman–Crippen MR) is 75.7 cm³/mol. The van der Waals surface area contributed by atoms with Crippen LogP contribution in [-0.4, -0.2) is 17.8 Å². The molecule has 0 heterocycles. The van der Waals surface area contributed by atoms with E-state index in [-0.39, 0.29) is 17.2 Å². The second-order valence-electron chi connectivity index (χ2n) is 6.26. The molecule has 0 aromatic rings. The van der Waals surface area contributed by atoms with E-state index in [1.54, 1.807) is 0 Å². The molecule has 2 aliphatic rings. The van der Waals surface area contributed by atoms with Crippen LogP contribution in [0.2, 0.25) is 0 Å². The number of halogens is 1. The fraction of sp³-hybridized carbons (Fsp3) is 0.933. The van der Waals surface area contributed by atoms with E-state index in [2.05, 4.69) is 12.2 Å². The zero-order valence-electron chi connectivity index (χ0n) is 11.5. The highest BCUT2D eigenvalue weighted by Crippen LogP contribution is 2.30. The van der Waals surface area contributed by atoms with Gasteiger partial charge >= 0.3 is 0 Å². The second-order valence-corrected chi connectivity index (χ2v) is 6.82. The van der Waals surface area contributed by atoms with E-state index in [0.29, 0.717) is 5.92 Å². The van der Waals surface area contributed by atoms with E-state index in [1.807, 2.05) is 0 Å². The van der Waals surface area contributed by atoms with E-state index in [1.165, 1.54) is 32.1 Å². The molecule has 104 valence electrons. The Bertz CT molecular complexity index is 274. The first kappa shape index (κ1) is 14.2. The molecule has 2 fully saturated rings. The molecule has 3 heteroatoms. The van der Waals surface area contributed by atoms with E-state index >= 15 is 0 Å². The summed E-state index contributed by atoms with van der Waals surface area (Å²) in [4.78, 5) is 12.1. The molecule has 18 heavy (non-hydrogen) atoms. The van der Waals surface area contributed by atoms with Crippen molar-refractivity contribution < 1.29 is 4.79 Å². The van der Waals surface area contributed by atoms with Crippen molar-refractivity contribution in [2.24, 2.45) is 17.8 Å². The van der Waals surface area contributed by atoms with Gasteiger partial charge in [-0.1, -0.05) is 19.8 Å². The van der Waals surface area contributed by atoms with Crippen molar-refractivity contribution in [3.8, 4) is 0 Å². The van der Waals surface area contributed by atoms with Crippen LogP contribution in [0.5, 0.6) is 0 Å². The lowest BCUT2D eigenvalue weighted by molar-refractivity contribution is -0.126. The molecule has 2 rings (SSSR count). The highest BCUT2D eigenvalue weighted by atomic mass is 35.5. The molecule has 0 aliphatic heterocycles. The Balaban J connectivity index is 1.70. The quantitative estimate of drug-likeness (QED) is 0.779. The van der Waals surface area contributed by atoms with Gasteiger partial charge < -0.3 is 5.32 Å². The Hall–Kier alpha value is -0.240. The van der Waals surface area contributed by atoms with E-state index in [0.717, 1.165) is 31.7 Å². The van der Waals surface area contributed by atoms with Crippen LogP contribution in [0, 0.1) is 17.8 Å². The van der Waals surface area contributed by atoms with Gasteiger partial charge in [0.15, 0.2) is 0 Å². The van der Waals surface area contributed by atoms with Crippen molar-refractivity contribution in [1.82, 2.24) is 5.32 Å². The minimum absolute atomic E-state index is 0.263. The number of hydrogen-bond acceptors (Lipinski definition) is 1. The van der Waals surface area contributed by atoms with Crippen LogP contribution in [-0.2, 0) is 4.79 Å². The van der Waals surface area contributed by atoms with Gasteiger partial charge in [-0.15, -0.1) is 11.6 Å². The van der Waals surface area contributed by atoms with Crippen LogP contribution in [0.3, 0.4) is 0 Å². The Morgan fingerprint density at radius 3 is 2.44 bits per heavy atom. The summed E-state index contributed by atoms with van der Waals surface area (Å²) < 4.78 is 0. The summed E-state index contributed by atoms with van der Waals surface area (Å²) in [5, 5.41) is 3.41. The van der Waals surface area contributed by atoms with Gasteiger partial charge in [0, 0.05) is 17.8 Å². The van der Waals surface area contributed by atoms with Gasteiger partial charge in [-0.2, -0.15) is 0 Å². The first-order chi connectivity index (χ1) is 8.66. The highest BCUT2D eigenvalue weighted by molar-refractivity contribution is 6.20. The largest absolute Gasteiger partial charge is 0.356 e. The summed E-state index contributed by atoms with van der Waals surface area (Å²) in [5.74, 6) is 1.83. The molecule has 2 nitrogen and oxygen atoms in total. The Labute approximate surface area is 116 Å². The van der Waals surface area contributed by atoms with Crippen molar-refractivity contribution in [2.45, 2.75) is 63.7 Å². The average Bonchev–Trinajstić information content (AvgIpc) is 2.38. The molecule has 1 amide bonds. The Morgan fingerprint density at radius 1 is 1.11 bits per heavy atom. The average molecular weight is 272 g/mol. The maximum Gasteiger partial charge on any atom is 0.223 e. The summed E-state index contributed by atoms with van der Waals surface area (Å²) in [7, 11) is 0. The molecule has 0 aromatic carbocycles. The first-order valence-corrected chi connectivity index (χ1v) is 8.02. The number of rotatable bonds is 3. The van der Waals surface area contributed by atoms with Crippen LogP contribution >= 0.6 is 11.6 Å². The SMILES string of the molecule is CC1CCC(C(=O)NCC2CCCCC2Cl)CC1. The zero-order chi connectivity index (χ0) is 13.0. The van der Waals surface area contributed by atoms with Crippen molar-refractivity contribution in [2.75, 3.05) is 6.54 Å². The van der Waals surface area contributed by atoms with Gasteiger partial charge in [0.25, 0.3) is 0 Å². The third kappa shape index (κ3) is 3.88. The van der Waals surface area contributed by atoms with E-state index < -0.39 is 0 Å². The van der Waals surface area contributed by atoms with Gasteiger partial charge in [-0.05, 0) is 50.4 Å². The van der Waals surface area contributed by atoms with Crippen LogP contribution in [0.1, 0.15) is 58.3 Å². The summed E-state index contributed by atoms with van der Waals surface area (Å²) in [5.41, 5.74) is 0. The number of carbonyl (C=O) groups excluding carboxylic acids is 1. The zero-order valence-corrected chi connectivity index (χ0v) is 12.2. The minimum Gasteiger partial charge on any atom is -0.356 e. The number of nitrogens with one attached hydrogen (secondary N) is 1. The van der Waals surface area contributed by atoms with Gasteiger partial charge in [-0.25, -0.2) is 0 Å². The fourth-order valence-electron chi connectivity index (χ4n) is 3.29. The van der Waals surface area contributed by atoms with E-state index in [9.17, 15) is 4.79 Å². The molecule has 0 radical (unpaired) electrons. The van der Waals surface area contributed by atoms with Gasteiger partial charge in [-0.3, -0.25) is 4.79 Å². The third-order valence-corrected chi connectivity index (χ3v) is 5.32. The normalized spacial score (nSPS) is 37.2. The standard InChI is InChI=1S/C15H26ClNO/c1-11-6-8-12(9-7-11)15(18)17-10-13-4-2-3-5-14(13)16/h11-14H,2-10H2,1H3,(H,17,18). The molecule has 0 aromatic heterocycles. The molecule has 2 aliphatic carbocycles. The highest BCUT2D eigenvalue weighted by Gasteiger charge is 2.27. The lowest BCUT2D eigenvalue weighted by Gasteiger charge is -2.29. The van der Waals surface area contributed by atoms with Crippen molar-refractivity contribution in [3.63, 3.8) is 0 Å².